The van der Waals surface area contributed by atoms with E-state index in [0.717, 1.165) is 64.2 Å². The molecule has 0 saturated carbocycles. The van der Waals surface area contributed by atoms with E-state index >= 15 is 0 Å². The van der Waals surface area contributed by atoms with Crippen LogP contribution >= 0.6 is 7.82 Å². The lowest BCUT2D eigenvalue weighted by Crippen LogP contribution is -2.37. The number of nitrogens with zero attached hydrogens (tertiary/aromatic N) is 1. The van der Waals surface area contributed by atoms with E-state index in [1.54, 1.807) is 0 Å². The number of likely N-dealkylation sites (N-methyl/N-ethyl adjacent to an activating group) is 1. The summed E-state index contributed by atoms with van der Waals surface area (Å²) in [5.74, 6) is -0.822. The normalized spacial score (nSPS) is 13.7. The number of unbranched alkanes of at least 4 members (excludes halogenated alkanes) is 30. The average Bonchev–Trinajstić information content (AvgIpc) is 3.30. The molecule has 0 aromatic heterocycles. The van der Waals surface area contributed by atoms with Gasteiger partial charge in [0, 0.05) is 12.8 Å². The first-order chi connectivity index (χ1) is 33.0. The van der Waals surface area contributed by atoms with E-state index in [4.69, 9.17) is 18.5 Å². The molecule has 0 bridgehead atoms. The first kappa shape index (κ1) is 66.0. The zero-order valence-corrected chi connectivity index (χ0v) is 45.9. The van der Waals surface area contributed by atoms with Gasteiger partial charge in [0.1, 0.15) is 19.8 Å². The predicted molar refractivity (Wildman–Crippen MR) is 287 cm³/mol. The van der Waals surface area contributed by atoms with Gasteiger partial charge in [-0.3, -0.25) is 14.2 Å². The minimum absolute atomic E-state index is 0.0292. The molecule has 0 amide bonds. The molecule has 0 aliphatic carbocycles. The van der Waals surface area contributed by atoms with Gasteiger partial charge in [0.25, 0.3) is 7.82 Å². The number of allylic oxidation sites excluding steroid dienone is 8. The van der Waals surface area contributed by atoms with Crippen molar-refractivity contribution in [3.05, 3.63) is 48.6 Å². The monoisotopic (exact) mass is 978 g/mol. The lowest BCUT2D eigenvalue weighted by molar-refractivity contribution is -0.870. The summed E-state index contributed by atoms with van der Waals surface area (Å²) in [6, 6.07) is 0. The summed E-state index contributed by atoms with van der Waals surface area (Å²) in [5, 5.41) is 0. The maximum Gasteiger partial charge on any atom is 0.306 e. The van der Waals surface area contributed by atoms with E-state index in [1.807, 2.05) is 21.1 Å². The summed E-state index contributed by atoms with van der Waals surface area (Å²) in [6.45, 7) is 4.16. The molecule has 2 unspecified atom stereocenters. The molecule has 0 spiro atoms. The SMILES string of the molecule is CC/C=C\C/C=C\C/C=C\C/C=C\CCCCCCCCCCCCCCCCCCC(=O)OC(COC(=O)CCCCCCCCCCCCCCCCC)COP(=O)([O-])OCC[N+](C)(C)C. The zero-order chi connectivity index (χ0) is 49.9. The Labute approximate surface area is 420 Å². The van der Waals surface area contributed by atoms with Crippen molar-refractivity contribution < 1.29 is 42.1 Å². The largest absolute Gasteiger partial charge is 0.756 e. The van der Waals surface area contributed by atoms with Crippen LogP contribution < -0.4 is 4.89 Å². The van der Waals surface area contributed by atoms with Crippen LogP contribution in [0.2, 0.25) is 0 Å². The fourth-order valence-corrected chi connectivity index (χ4v) is 8.73. The van der Waals surface area contributed by atoms with E-state index in [2.05, 4.69) is 62.5 Å². The van der Waals surface area contributed by atoms with Crippen molar-refractivity contribution in [2.45, 2.75) is 264 Å². The van der Waals surface area contributed by atoms with Crippen LogP contribution in [0, 0.1) is 0 Å². The molecule has 2 atom stereocenters. The number of ether oxygens (including phenoxy) is 2. The molecule has 0 rings (SSSR count). The fraction of sp³-hybridized carbons (Fsp3) is 0.828. The summed E-state index contributed by atoms with van der Waals surface area (Å²) in [5.41, 5.74) is 0. The van der Waals surface area contributed by atoms with Gasteiger partial charge in [-0.15, -0.1) is 0 Å². The van der Waals surface area contributed by atoms with Gasteiger partial charge in [0.05, 0.1) is 27.7 Å². The number of rotatable bonds is 52. The van der Waals surface area contributed by atoms with Gasteiger partial charge in [-0.05, 0) is 51.4 Å². The smallest absolute Gasteiger partial charge is 0.306 e. The fourth-order valence-electron chi connectivity index (χ4n) is 8.00. The molecule has 0 aliphatic rings. The molecule has 0 aromatic carbocycles. The lowest BCUT2D eigenvalue weighted by Gasteiger charge is -2.28. The Morgan fingerprint density at radius 1 is 0.471 bits per heavy atom. The number of phosphoric ester groups is 1. The molecular weight excluding hydrogens is 870 g/mol. The van der Waals surface area contributed by atoms with Crippen molar-refractivity contribution in [3.8, 4) is 0 Å². The van der Waals surface area contributed by atoms with Gasteiger partial charge in [-0.1, -0.05) is 242 Å². The van der Waals surface area contributed by atoms with Gasteiger partial charge in [0.2, 0.25) is 0 Å². The number of hydrogen-bond donors (Lipinski definition) is 0. The van der Waals surface area contributed by atoms with Crippen molar-refractivity contribution in [2.24, 2.45) is 0 Å². The van der Waals surface area contributed by atoms with Gasteiger partial charge in [0.15, 0.2) is 6.10 Å². The van der Waals surface area contributed by atoms with Crippen LogP contribution in [0.5, 0.6) is 0 Å². The second-order valence-corrected chi connectivity index (χ2v) is 21.7. The standard InChI is InChI=1S/C58H108NO8P/c1-6-8-10-12-14-16-18-20-22-23-24-25-26-27-28-29-30-31-32-33-34-35-37-39-41-43-45-47-49-51-58(61)67-56(55-66-68(62,63)65-53-52-59(3,4)5)54-64-57(60)50-48-46-44-42-40-38-36-21-19-17-15-13-11-9-7-2/h8,10,14,16,20,22,24-25,56H,6-7,9,11-13,15,17-19,21,23,26-55H2,1-5H3/b10-8-,16-14-,22-20-,25-24-. The third-order valence-electron chi connectivity index (χ3n) is 12.4. The predicted octanol–water partition coefficient (Wildman–Crippen LogP) is 16.7. The molecule has 398 valence electrons. The third-order valence-corrected chi connectivity index (χ3v) is 13.3. The highest BCUT2D eigenvalue weighted by molar-refractivity contribution is 7.45. The Morgan fingerprint density at radius 2 is 0.838 bits per heavy atom. The highest BCUT2D eigenvalue weighted by Gasteiger charge is 2.22. The Kier molecular flexibility index (Phi) is 48.4. The molecule has 0 heterocycles. The van der Waals surface area contributed by atoms with E-state index < -0.39 is 26.5 Å². The molecule has 0 fully saturated rings. The van der Waals surface area contributed by atoms with Crippen LogP contribution in [-0.2, 0) is 32.7 Å². The highest BCUT2D eigenvalue weighted by atomic mass is 31.2. The number of quaternary nitrogens is 1. The van der Waals surface area contributed by atoms with Crippen molar-refractivity contribution in [1.82, 2.24) is 0 Å². The van der Waals surface area contributed by atoms with Crippen molar-refractivity contribution in [3.63, 3.8) is 0 Å². The van der Waals surface area contributed by atoms with Gasteiger partial charge in [-0.2, -0.15) is 0 Å². The Bertz CT molecular complexity index is 1290. The summed E-state index contributed by atoms with van der Waals surface area (Å²) in [4.78, 5) is 37.8. The first-order valence-electron chi connectivity index (χ1n) is 28.3. The van der Waals surface area contributed by atoms with Crippen LogP contribution in [0.25, 0.3) is 0 Å². The van der Waals surface area contributed by atoms with E-state index in [1.165, 1.54) is 161 Å². The quantitative estimate of drug-likeness (QED) is 0.0195. The van der Waals surface area contributed by atoms with Crippen LogP contribution in [0.4, 0.5) is 0 Å². The molecule has 0 aliphatic heterocycles. The Balaban J connectivity index is 4.09. The molecule has 10 heteroatoms. The maximum absolute atomic E-state index is 12.8. The Morgan fingerprint density at radius 3 is 1.25 bits per heavy atom. The lowest BCUT2D eigenvalue weighted by atomic mass is 10.0. The number of carbonyl (C=O) groups excluding carboxylic acids is 2. The van der Waals surface area contributed by atoms with E-state index in [-0.39, 0.29) is 32.0 Å². The van der Waals surface area contributed by atoms with Crippen LogP contribution in [0.3, 0.4) is 0 Å². The second-order valence-electron chi connectivity index (χ2n) is 20.3. The zero-order valence-electron chi connectivity index (χ0n) is 45.1. The van der Waals surface area contributed by atoms with Crippen LogP contribution in [-0.4, -0.2) is 70.0 Å². The average molecular weight is 978 g/mol. The van der Waals surface area contributed by atoms with E-state index in [0.29, 0.717) is 17.4 Å². The number of hydrogen-bond acceptors (Lipinski definition) is 8. The van der Waals surface area contributed by atoms with Gasteiger partial charge < -0.3 is 27.9 Å². The second kappa shape index (κ2) is 49.9. The summed E-state index contributed by atoms with van der Waals surface area (Å²) < 4.78 is 34.1. The van der Waals surface area contributed by atoms with Gasteiger partial charge in [-0.25, -0.2) is 0 Å². The molecule has 68 heavy (non-hydrogen) atoms. The van der Waals surface area contributed by atoms with Gasteiger partial charge >= 0.3 is 11.9 Å². The molecule has 0 aromatic rings. The maximum atomic E-state index is 12.8. The summed E-state index contributed by atoms with van der Waals surface area (Å²) >= 11 is 0. The third kappa shape index (κ3) is 53.3. The van der Waals surface area contributed by atoms with Crippen molar-refractivity contribution in [1.29, 1.82) is 0 Å². The summed E-state index contributed by atoms with van der Waals surface area (Å²) in [6.07, 6.45) is 61.5. The van der Waals surface area contributed by atoms with Crippen LogP contribution in [0.15, 0.2) is 48.6 Å². The Hall–Kier alpha value is -2.03. The highest BCUT2D eigenvalue weighted by Crippen LogP contribution is 2.38. The first-order valence-corrected chi connectivity index (χ1v) is 29.8. The minimum atomic E-state index is -4.63. The van der Waals surface area contributed by atoms with Crippen molar-refractivity contribution >= 4 is 19.8 Å². The number of carbonyl (C=O) groups is 2. The van der Waals surface area contributed by atoms with Crippen molar-refractivity contribution in [2.75, 3.05) is 47.5 Å². The summed E-state index contributed by atoms with van der Waals surface area (Å²) in [7, 11) is 1.18. The molecule has 0 N–H and O–H groups in total. The molecule has 0 radical (unpaired) electrons. The minimum Gasteiger partial charge on any atom is -0.756 e. The molecule has 9 nitrogen and oxygen atoms in total. The molecule has 0 saturated heterocycles. The van der Waals surface area contributed by atoms with E-state index in [9.17, 15) is 19.0 Å². The number of phosphoric acid groups is 1. The molecular formula is C58H108NO8P. The number of esters is 2. The van der Waals surface area contributed by atoms with Crippen LogP contribution in [0.1, 0.15) is 258 Å². The topological polar surface area (TPSA) is 111 Å².